The van der Waals surface area contributed by atoms with Gasteiger partial charge in [0.1, 0.15) is 0 Å². The van der Waals surface area contributed by atoms with Gasteiger partial charge in [-0.1, -0.05) is 23.7 Å². The number of halogens is 1. The second kappa shape index (κ2) is 5.58. The highest BCUT2D eigenvalue weighted by atomic mass is 35.5. The van der Waals surface area contributed by atoms with Crippen molar-refractivity contribution in [2.24, 2.45) is 11.3 Å². The van der Waals surface area contributed by atoms with Crippen molar-refractivity contribution in [2.75, 3.05) is 13.1 Å². The number of amides is 1. The molecule has 1 amide bonds. The molecular weight excluding hydrogens is 302 g/mol. The van der Waals surface area contributed by atoms with E-state index in [2.05, 4.69) is 0 Å². The molecule has 2 aliphatic rings. The van der Waals surface area contributed by atoms with Gasteiger partial charge in [-0.25, -0.2) is 0 Å². The molecule has 1 saturated carbocycles. The number of rotatable bonds is 3. The fourth-order valence-corrected chi connectivity index (χ4v) is 3.81. The lowest BCUT2D eigenvalue weighted by molar-refractivity contribution is -0.140. The Kier molecular flexibility index (Phi) is 3.89. The minimum atomic E-state index is -0.688. The van der Waals surface area contributed by atoms with Gasteiger partial charge in [-0.15, -0.1) is 0 Å². The van der Waals surface area contributed by atoms with Gasteiger partial charge in [0, 0.05) is 18.1 Å². The molecule has 22 heavy (non-hydrogen) atoms. The molecule has 1 aliphatic carbocycles. The summed E-state index contributed by atoms with van der Waals surface area (Å²) in [5.74, 6) is -1.01. The molecular formula is C17H20ClNO3. The zero-order valence-electron chi connectivity index (χ0n) is 12.6. The molecule has 1 aromatic rings. The summed E-state index contributed by atoms with van der Waals surface area (Å²) in [5, 5.41) is 9.75. The number of likely N-dealkylation sites (tertiary alicyclic amines) is 1. The van der Waals surface area contributed by atoms with Gasteiger partial charge in [0.15, 0.2) is 0 Å². The van der Waals surface area contributed by atoms with Gasteiger partial charge in [0.25, 0.3) is 0 Å². The Balaban J connectivity index is 1.62. The maximum absolute atomic E-state index is 12.6. The van der Waals surface area contributed by atoms with E-state index in [0.717, 1.165) is 24.8 Å². The molecule has 1 aromatic carbocycles. The van der Waals surface area contributed by atoms with Crippen LogP contribution in [0.5, 0.6) is 0 Å². The number of carbonyl (C=O) groups is 2. The molecule has 1 aliphatic heterocycles. The topological polar surface area (TPSA) is 57.6 Å². The van der Waals surface area contributed by atoms with Gasteiger partial charge >= 0.3 is 5.97 Å². The van der Waals surface area contributed by atoms with Gasteiger partial charge < -0.3 is 10.0 Å². The molecule has 1 spiro atoms. The quantitative estimate of drug-likeness (QED) is 0.930. The van der Waals surface area contributed by atoms with Crippen LogP contribution in [-0.4, -0.2) is 35.0 Å². The molecule has 118 valence electrons. The van der Waals surface area contributed by atoms with E-state index in [1.54, 1.807) is 6.07 Å². The van der Waals surface area contributed by atoms with E-state index in [0.29, 0.717) is 18.1 Å². The van der Waals surface area contributed by atoms with Crippen LogP contribution in [0.1, 0.15) is 37.7 Å². The summed E-state index contributed by atoms with van der Waals surface area (Å²) in [4.78, 5) is 25.6. The third-order valence-electron chi connectivity index (χ3n) is 5.28. The fourth-order valence-electron chi connectivity index (χ4n) is 3.61. The minimum absolute atomic E-state index is 0.0398. The lowest BCUT2D eigenvalue weighted by Gasteiger charge is -2.34. The number of piperidine rings is 1. The number of benzene rings is 1. The molecule has 2 fully saturated rings. The van der Waals surface area contributed by atoms with Crippen molar-refractivity contribution >= 4 is 23.5 Å². The van der Waals surface area contributed by atoms with Crippen LogP contribution in [0.15, 0.2) is 24.3 Å². The monoisotopic (exact) mass is 321 g/mol. The second-order valence-corrected chi connectivity index (χ2v) is 7.00. The summed E-state index contributed by atoms with van der Waals surface area (Å²) in [5.41, 5.74) is 0.884. The smallest absolute Gasteiger partial charge is 0.307 e. The number of carbonyl (C=O) groups excluding carboxylic acids is 1. The molecule has 5 heteroatoms. The Morgan fingerprint density at radius 3 is 2.59 bits per heavy atom. The van der Waals surface area contributed by atoms with Crippen LogP contribution in [0.3, 0.4) is 0 Å². The van der Waals surface area contributed by atoms with E-state index < -0.39 is 5.97 Å². The van der Waals surface area contributed by atoms with Gasteiger partial charge in [-0.05, 0) is 49.3 Å². The van der Waals surface area contributed by atoms with Gasteiger partial charge in [-0.2, -0.15) is 0 Å². The number of aliphatic carboxylic acids is 1. The number of carboxylic acid groups (broad SMARTS) is 1. The van der Waals surface area contributed by atoms with Crippen LogP contribution < -0.4 is 0 Å². The van der Waals surface area contributed by atoms with Crippen molar-refractivity contribution in [3.05, 3.63) is 34.9 Å². The molecule has 1 heterocycles. The summed E-state index contributed by atoms with van der Waals surface area (Å²) in [7, 11) is 0. The summed E-state index contributed by atoms with van der Waals surface area (Å²) in [6.45, 7) is 3.22. The maximum Gasteiger partial charge on any atom is 0.307 e. The zero-order valence-corrected chi connectivity index (χ0v) is 13.3. The first kappa shape index (κ1) is 15.3. The lowest BCUT2D eigenvalue weighted by Crippen LogP contribution is -2.41. The third kappa shape index (κ3) is 2.72. The van der Waals surface area contributed by atoms with Gasteiger partial charge in [-0.3, -0.25) is 9.59 Å². The van der Waals surface area contributed by atoms with Gasteiger partial charge in [0.2, 0.25) is 5.91 Å². The SMILES string of the molecule is CC(C(=O)N1CCC2(CC1)CC2C(=O)O)c1cccc(Cl)c1. The lowest BCUT2D eigenvalue weighted by atomic mass is 9.89. The molecule has 0 radical (unpaired) electrons. The van der Waals surface area contributed by atoms with Crippen LogP contribution in [0.25, 0.3) is 0 Å². The molecule has 3 rings (SSSR count). The minimum Gasteiger partial charge on any atom is -0.481 e. The molecule has 2 atom stereocenters. The number of hydrogen-bond acceptors (Lipinski definition) is 2. The van der Waals surface area contributed by atoms with Crippen molar-refractivity contribution in [3.63, 3.8) is 0 Å². The predicted octanol–water partition coefficient (Wildman–Crippen LogP) is 3.16. The zero-order chi connectivity index (χ0) is 15.9. The number of hydrogen-bond donors (Lipinski definition) is 1. The van der Waals surface area contributed by atoms with E-state index in [4.69, 9.17) is 16.7 Å². The summed E-state index contributed by atoms with van der Waals surface area (Å²) in [6.07, 6.45) is 2.38. The van der Waals surface area contributed by atoms with E-state index in [9.17, 15) is 9.59 Å². The molecule has 0 aromatic heterocycles. The highest BCUT2D eigenvalue weighted by Gasteiger charge is 2.59. The summed E-state index contributed by atoms with van der Waals surface area (Å²) >= 11 is 5.99. The second-order valence-electron chi connectivity index (χ2n) is 6.56. The number of carboxylic acids is 1. The Morgan fingerprint density at radius 2 is 2.05 bits per heavy atom. The molecule has 1 N–H and O–H groups in total. The Morgan fingerprint density at radius 1 is 1.36 bits per heavy atom. The highest BCUT2D eigenvalue weighted by molar-refractivity contribution is 6.30. The Bertz CT molecular complexity index is 608. The molecule has 2 unspecified atom stereocenters. The van der Waals surface area contributed by atoms with Crippen LogP contribution in [0.2, 0.25) is 5.02 Å². The first-order chi connectivity index (χ1) is 10.4. The number of nitrogens with zero attached hydrogens (tertiary/aromatic N) is 1. The van der Waals surface area contributed by atoms with Crippen molar-refractivity contribution in [1.29, 1.82) is 0 Å². The van der Waals surface area contributed by atoms with Crippen LogP contribution in [0, 0.1) is 11.3 Å². The highest BCUT2D eigenvalue weighted by Crippen LogP contribution is 2.59. The van der Waals surface area contributed by atoms with Crippen LogP contribution >= 0.6 is 11.6 Å². The molecule has 1 saturated heterocycles. The van der Waals surface area contributed by atoms with E-state index in [1.165, 1.54) is 0 Å². The van der Waals surface area contributed by atoms with Crippen LogP contribution in [-0.2, 0) is 9.59 Å². The summed E-state index contributed by atoms with van der Waals surface area (Å²) in [6, 6.07) is 7.40. The Labute approximate surface area is 135 Å². The molecule has 0 bridgehead atoms. The molecule has 4 nitrogen and oxygen atoms in total. The maximum atomic E-state index is 12.6. The largest absolute Gasteiger partial charge is 0.481 e. The standard InChI is InChI=1S/C17H20ClNO3/c1-11(12-3-2-4-13(18)9-12)15(20)19-7-5-17(6-8-19)10-14(17)16(21)22/h2-4,9,11,14H,5-8,10H2,1H3,(H,21,22). The van der Waals surface area contributed by atoms with Crippen molar-refractivity contribution in [3.8, 4) is 0 Å². The average molecular weight is 322 g/mol. The van der Waals surface area contributed by atoms with E-state index in [1.807, 2.05) is 30.0 Å². The van der Waals surface area contributed by atoms with Crippen molar-refractivity contribution < 1.29 is 14.7 Å². The fraction of sp³-hybridized carbons (Fsp3) is 0.529. The normalized spacial score (nSPS) is 24.1. The van der Waals surface area contributed by atoms with Crippen LogP contribution in [0.4, 0.5) is 0 Å². The van der Waals surface area contributed by atoms with Gasteiger partial charge in [0.05, 0.1) is 11.8 Å². The van der Waals surface area contributed by atoms with E-state index >= 15 is 0 Å². The predicted molar refractivity (Wildman–Crippen MR) is 83.9 cm³/mol. The average Bonchev–Trinajstić information content (AvgIpc) is 3.21. The first-order valence-electron chi connectivity index (χ1n) is 7.70. The van der Waals surface area contributed by atoms with Crippen molar-refractivity contribution in [2.45, 2.75) is 32.1 Å². The Hall–Kier alpha value is -1.55. The first-order valence-corrected chi connectivity index (χ1v) is 8.08. The third-order valence-corrected chi connectivity index (χ3v) is 5.51. The summed E-state index contributed by atoms with van der Waals surface area (Å²) < 4.78 is 0. The van der Waals surface area contributed by atoms with Crippen molar-refractivity contribution in [1.82, 2.24) is 4.90 Å². The van der Waals surface area contributed by atoms with E-state index in [-0.39, 0.29) is 23.2 Å².